The summed E-state index contributed by atoms with van der Waals surface area (Å²) < 4.78 is 34.2. The largest absolute Gasteiger partial charge is 0.472 e. The summed E-state index contributed by atoms with van der Waals surface area (Å²) in [6.07, 6.45) is 43.8. The van der Waals surface area contributed by atoms with Gasteiger partial charge in [0.1, 0.15) is 19.8 Å². The minimum absolute atomic E-state index is 0.0174. The molecule has 54 heavy (non-hydrogen) atoms. The van der Waals surface area contributed by atoms with Crippen molar-refractivity contribution in [3.8, 4) is 0 Å². The monoisotopic (exact) mass is 779 g/mol. The molecule has 0 saturated heterocycles. The average Bonchev–Trinajstić information content (AvgIpc) is 3.12. The standard InChI is InChI=1S/C44H76NO8P/c1-6-8-10-12-14-16-18-20-22-24-26-28-30-32-34-36-43(46)50-40-42(41-52-54(48,49)51-39-38-45(3,4)5)53-44(47)37-35-33-31-29-27-25-23-21-19-17-15-13-11-9-7-2/h9,11,14-17,20-23,27,29,42H,6-8,10,12-13,18-19,24-26,28,30-41H2,1-5H3/p+1/b11-9+,16-14+,17-15+,22-20+,23-21+,29-27+/t42-/m1/s1. The van der Waals surface area contributed by atoms with E-state index in [-0.39, 0.29) is 26.1 Å². The summed E-state index contributed by atoms with van der Waals surface area (Å²) in [5, 5.41) is 0. The number of quaternary nitrogens is 1. The molecular formula is C44H77NO8P+. The quantitative estimate of drug-likeness (QED) is 0.0220. The Bertz CT molecular complexity index is 1150. The molecule has 0 radical (unpaired) electrons. The maximum absolute atomic E-state index is 12.6. The number of hydrogen-bond acceptors (Lipinski definition) is 7. The molecule has 2 atom stereocenters. The van der Waals surface area contributed by atoms with Gasteiger partial charge in [0.25, 0.3) is 0 Å². The van der Waals surface area contributed by atoms with Gasteiger partial charge in [0.05, 0.1) is 27.7 Å². The Hall–Kier alpha value is -2.55. The summed E-state index contributed by atoms with van der Waals surface area (Å²) in [5.41, 5.74) is 0. The number of esters is 2. The minimum atomic E-state index is -4.39. The van der Waals surface area contributed by atoms with Crippen LogP contribution in [-0.4, -0.2) is 74.9 Å². The van der Waals surface area contributed by atoms with Gasteiger partial charge in [-0.15, -0.1) is 0 Å². The van der Waals surface area contributed by atoms with Crippen molar-refractivity contribution in [2.45, 2.75) is 148 Å². The highest BCUT2D eigenvalue weighted by Crippen LogP contribution is 2.43. The lowest BCUT2D eigenvalue weighted by Crippen LogP contribution is -2.37. The lowest BCUT2D eigenvalue weighted by atomic mass is 10.1. The molecule has 0 aliphatic heterocycles. The van der Waals surface area contributed by atoms with E-state index in [0.717, 1.165) is 77.0 Å². The number of ether oxygens (including phenoxy) is 2. The van der Waals surface area contributed by atoms with Crippen molar-refractivity contribution in [3.63, 3.8) is 0 Å². The van der Waals surface area contributed by atoms with E-state index < -0.39 is 32.5 Å². The SMILES string of the molecule is CC/C=C/C/C=C/C/C=C/C/C=C/CCCCC(=O)O[C@H](COC(=O)CCCCCCC/C=C/C/C=C/CCCCC)COP(=O)(O)OCC[N+](C)(C)C. The predicted molar refractivity (Wildman–Crippen MR) is 224 cm³/mol. The summed E-state index contributed by atoms with van der Waals surface area (Å²) in [6, 6.07) is 0. The highest BCUT2D eigenvalue weighted by molar-refractivity contribution is 7.47. The number of phosphoric ester groups is 1. The fourth-order valence-electron chi connectivity index (χ4n) is 4.97. The number of carbonyl (C=O) groups is 2. The van der Waals surface area contributed by atoms with Gasteiger partial charge in [0.2, 0.25) is 0 Å². The topological polar surface area (TPSA) is 108 Å². The van der Waals surface area contributed by atoms with Crippen molar-refractivity contribution >= 4 is 19.8 Å². The van der Waals surface area contributed by atoms with Gasteiger partial charge in [-0.2, -0.15) is 0 Å². The van der Waals surface area contributed by atoms with Gasteiger partial charge in [-0.3, -0.25) is 18.6 Å². The summed E-state index contributed by atoms with van der Waals surface area (Å²) in [7, 11) is 1.43. The Labute approximate surface area is 329 Å². The number of carbonyl (C=O) groups excluding carboxylic acids is 2. The van der Waals surface area contributed by atoms with E-state index in [1.807, 2.05) is 21.1 Å². The molecule has 1 unspecified atom stereocenters. The maximum Gasteiger partial charge on any atom is 0.472 e. The third-order valence-electron chi connectivity index (χ3n) is 8.22. The Morgan fingerprint density at radius 1 is 0.593 bits per heavy atom. The summed E-state index contributed by atoms with van der Waals surface area (Å²) >= 11 is 0. The number of rotatable bonds is 36. The predicted octanol–water partition coefficient (Wildman–Crippen LogP) is 11.5. The third-order valence-corrected chi connectivity index (χ3v) is 9.20. The number of likely N-dealkylation sites (N-methyl/N-ethyl adjacent to an activating group) is 1. The number of unbranched alkanes of at least 4 members (excludes halogenated alkanes) is 10. The molecule has 9 nitrogen and oxygen atoms in total. The molecule has 0 aromatic carbocycles. The van der Waals surface area contributed by atoms with Crippen LogP contribution in [0.2, 0.25) is 0 Å². The van der Waals surface area contributed by atoms with Gasteiger partial charge >= 0.3 is 19.8 Å². The van der Waals surface area contributed by atoms with Crippen LogP contribution in [0.3, 0.4) is 0 Å². The van der Waals surface area contributed by atoms with Gasteiger partial charge in [0, 0.05) is 12.8 Å². The molecule has 0 aromatic heterocycles. The van der Waals surface area contributed by atoms with Crippen molar-refractivity contribution in [3.05, 3.63) is 72.9 Å². The highest BCUT2D eigenvalue weighted by Gasteiger charge is 2.27. The molecule has 0 amide bonds. The lowest BCUT2D eigenvalue weighted by molar-refractivity contribution is -0.870. The third kappa shape index (κ3) is 39.2. The van der Waals surface area contributed by atoms with Gasteiger partial charge in [-0.1, -0.05) is 119 Å². The molecule has 0 heterocycles. The van der Waals surface area contributed by atoms with Gasteiger partial charge in [-0.25, -0.2) is 4.57 Å². The summed E-state index contributed by atoms with van der Waals surface area (Å²) in [6.45, 7) is 4.19. The van der Waals surface area contributed by atoms with Gasteiger partial charge in [-0.05, 0) is 83.5 Å². The second-order valence-electron chi connectivity index (χ2n) is 14.6. The molecule has 0 bridgehead atoms. The smallest absolute Gasteiger partial charge is 0.462 e. The van der Waals surface area contributed by atoms with Crippen molar-refractivity contribution in [1.29, 1.82) is 0 Å². The molecule has 0 aliphatic carbocycles. The zero-order chi connectivity index (χ0) is 40.0. The van der Waals surface area contributed by atoms with Crippen LogP contribution in [0, 0.1) is 0 Å². The van der Waals surface area contributed by atoms with Crippen LogP contribution in [0.15, 0.2) is 72.9 Å². The van der Waals surface area contributed by atoms with E-state index >= 15 is 0 Å². The van der Waals surface area contributed by atoms with Crippen LogP contribution in [0.4, 0.5) is 0 Å². The van der Waals surface area contributed by atoms with E-state index in [1.165, 1.54) is 25.7 Å². The molecule has 0 spiro atoms. The molecule has 310 valence electrons. The second kappa shape index (κ2) is 36.1. The average molecular weight is 779 g/mol. The fourth-order valence-corrected chi connectivity index (χ4v) is 5.72. The van der Waals surface area contributed by atoms with E-state index in [0.29, 0.717) is 23.9 Å². The maximum atomic E-state index is 12.6. The van der Waals surface area contributed by atoms with Crippen LogP contribution in [0.1, 0.15) is 142 Å². The van der Waals surface area contributed by atoms with E-state index in [9.17, 15) is 19.0 Å². The Balaban J connectivity index is 4.51. The highest BCUT2D eigenvalue weighted by atomic mass is 31.2. The molecule has 0 saturated carbocycles. The van der Waals surface area contributed by atoms with Crippen molar-refractivity contribution in [2.75, 3.05) is 47.5 Å². The van der Waals surface area contributed by atoms with Crippen molar-refractivity contribution in [1.82, 2.24) is 0 Å². The molecular weight excluding hydrogens is 701 g/mol. The molecule has 10 heteroatoms. The molecule has 0 aromatic rings. The molecule has 0 rings (SSSR count). The first-order chi connectivity index (χ1) is 26.0. The normalized spacial score (nSPS) is 14.4. The summed E-state index contributed by atoms with van der Waals surface area (Å²) in [5.74, 6) is -0.872. The van der Waals surface area contributed by atoms with E-state index in [2.05, 4.69) is 86.8 Å². The first-order valence-corrected chi connectivity index (χ1v) is 22.2. The van der Waals surface area contributed by atoms with Gasteiger partial charge < -0.3 is 18.9 Å². The van der Waals surface area contributed by atoms with Gasteiger partial charge in [0.15, 0.2) is 6.10 Å². The zero-order valence-corrected chi connectivity index (χ0v) is 35.6. The minimum Gasteiger partial charge on any atom is -0.462 e. The molecule has 1 N–H and O–H groups in total. The van der Waals surface area contributed by atoms with Crippen LogP contribution < -0.4 is 0 Å². The van der Waals surface area contributed by atoms with E-state index in [1.54, 1.807) is 0 Å². The Kier molecular flexibility index (Phi) is 34.4. The first-order valence-electron chi connectivity index (χ1n) is 20.7. The Morgan fingerprint density at radius 2 is 1.06 bits per heavy atom. The van der Waals surface area contributed by atoms with Crippen molar-refractivity contribution < 1.29 is 42.1 Å². The zero-order valence-electron chi connectivity index (χ0n) is 34.7. The van der Waals surface area contributed by atoms with Crippen LogP contribution in [-0.2, 0) is 32.7 Å². The number of hydrogen-bond donors (Lipinski definition) is 1. The van der Waals surface area contributed by atoms with Crippen LogP contribution in [0.5, 0.6) is 0 Å². The van der Waals surface area contributed by atoms with Crippen LogP contribution >= 0.6 is 7.82 Å². The van der Waals surface area contributed by atoms with Crippen molar-refractivity contribution in [2.24, 2.45) is 0 Å². The first kappa shape index (κ1) is 51.5. The molecule has 0 fully saturated rings. The summed E-state index contributed by atoms with van der Waals surface area (Å²) in [4.78, 5) is 35.3. The molecule has 0 aliphatic rings. The lowest BCUT2D eigenvalue weighted by Gasteiger charge is -2.24. The van der Waals surface area contributed by atoms with E-state index in [4.69, 9.17) is 18.5 Å². The second-order valence-corrected chi connectivity index (χ2v) is 16.1. The number of allylic oxidation sites excluding steroid dienone is 12. The Morgan fingerprint density at radius 3 is 1.61 bits per heavy atom. The fraction of sp³-hybridized carbons (Fsp3) is 0.682. The number of nitrogens with zero attached hydrogens (tertiary/aromatic N) is 1. The van der Waals surface area contributed by atoms with Crippen LogP contribution in [0.25, 0.3) is 0 Å². The number of phosphoric acid groups is 1.